The van der Waals surface area contributed by atoms with E-state index in [-0.39, 0.29) is 29.4 Å². The minimum atomic E-state index is 0. The fourth-order valence-electron chi connectivity index (χ4n) is 2.12. The molecule has 0 aliphatic heterocycles. The molecule has 126 valence electrons. The topological polar surface area (TPSA) is 63.3 Å². The van der Waals surface area contributed by atoms with Crippen LogP contribution >= 0.6 is 35.3 Å². The van der Waals surface area contributed by atoms with Crippen molar-refractivity contribution in [3.63, 3.8) is 0 Å². The molecular weight excluding hydrogens is 419 g/mol. The standard InChI is InChI=1S/C17H24N4S.HI/c1-11-6-12(2)8-13(7-11)21-16(18)19-9-14-10-22-15(20-14)17(3,4)5;/h6-8,10H,9H2,1-5H3,(H3,18,19,21);1H. The summed E-state index contributed by atoms with van der Waals surface area (Å²) >= 11 is 1.67. The van der Waals surface area contributed by atoms with Crippen LogP contribution in [0, 0.1) is 13.8 Å². The summed E-state index contributed by atoms with van der Waals surface area (Å²) in [6.07, 6.45) is 0. The largest absolute Gasteiger partial charge is 0.370 e. The first-order valence-electron chi connectivity index (χ1n) is 7.34. The van der Waals surface area contributed by atoms with E-state index >= 15 is 0 Å². The third-order valence-corrected chi connectivity index (χ3v) is 4.42. The van der Waals surface area contributed by atoms with Gasteiger partial charge in [0.15, 0.2) is 5.96 Å². The molecule has 0 fully saturated rings. The van der Waals surface area contributed by atoms with Crippen LogP contribution in [0.4, 0.5) is 5.69 Å². The number of hydrogen-bond acceptors (Lipinski definition) is 3. The van der Waals surface area contributed by atoms with E-state index in [2.05, 4.69) is 68.1 Å². The van der Waals surface area contributed by atoms with Crippen molar-refractivity contribution in [2.75, 3.05) is 5.32 Å². The van der Waals surface area contributed by atoms with E-state index in [1.807, 2.05) is 5.38 Å². The number of nitrogens with one attached hydrogen (secondary N) is 1. The SMILES string of the molecule is Cc1cc(C)cc(NC(N)=NCc2csc(C(C)(C)C)n2)c1.I. The molecule has 23 heavy (non-hydrogen) atoms. The number of aliphatic imine (C=N–C) groups is 1. The highest BCUT2D eigenvalue weighted by Crippen LogP contribution is 2.25. The van der Waals surface area contributed by atoms with E-state index in [9.17, 15) is 0 Å². The minimum Gasteiger partial charge on any atom is -0.370 e. The Morgan fingerprint density at radius 2 is 1.83 bits per heavy atom. The molecular formula is C17H25IN4S. The van der Waals surface area contributed by atoms with Crippen LogP contribution in [0.2, 0.25) is 0 Å². The summed E-state index contributed by atoms with van der Waals surface area (Å²) < 4.78 is 0. The molecule has 0 radical (unpaired) electrons. The van der Waals surface area contributed by atoms with Gasteiger partial charge >= 0.3 is 0 Å². The molecule has 1 aromatic heterocycles. The lowest BCUT2D eigenvalue weighted by Crippen LogP contribution is -2.22. The molecule has 2 aromatic rings. The first-order chi connectivity index (χ1) is 10.2. The Balaban J connectivity index is 0.00000264. The molecule has 0 bridgehead atoms. The van der Waals surface area contributed by atoms with Crippen LogP contribution < -0.4 is 11.1 Å². The number of benzene rings is 1. The highest BCUT2D eigenvalue weighted by Gasteiger charge is 2.17. The van der Waals surface area contributed by atoms with Crippen molar-refractivity contribution in [2.45, 2.75) is 46.6 Å². The minimum absolute atomic E-state index is 0. The van der Waals surface area contributed by atoms with Crippen molar-refractivity contribution in [3.8, 4) is 0 Å². The van der Waals surface area contributed by atoms with Crippen LogP contribution in [0.15, 0.2) is 28.6 Å². The Labute approximate surface area is 159 Å². The van der Waals surface area contributed by atoms with Gasteiger partial charge in [-0.15, -0.1) is 35.3 Å². The Kier molecular flexibility index (Phi) is 7.01. The Bertz CT molecular complexity index is 666. The van der Waals surface area contributed by atoms with Gasteiger partial charge in [-0.2, -0.15) is 0 Å². The fourth-order valence-corrected chi connectivity index (χ4v) is 3.02. The lowest BCUT2D eigenvalue weighted by atomic mass is 9.98. The van der Waals surface area contributed by atoms with E-state index in [1.165, 1.54) is 11.1 Å². The van der Waals surface area contributed by atoms with E-state index in [4.69, 9.17) is 5.73 Å². The number of nitrogens with two attached hydrogens (primary N) is 1. The van der Waals surface area contributed by atoms with Gasteiger partial charge in [0.1, 0.15) is 0 Å². The van der Waals surface area contributed by atoms with E-state index in [0.29, 0.717) is 12.5 Å². The Hall–Kier alpha value is -1.15. The molecule has 0 aliphatic carbocycles. The second-order valence-electron chi connectivity index (χ2n) is 6.60. The predicted octanol–water partition coefficient (Wildman–Crippen LogP) is 4.60. The van der Waals surface area contributed by atoms with Crippen molar-refractivity contribution in [1.29, 1.82) is 0 Å². The zero-order valence-electron chi connectivity index (χ0n) is 14.3. The maximum Gasteiger partial charge on any atom is 0.193 e. The molecule has 0 unspecified atom stereocenters. The summed E-state index contributed by atoms with van der Waals surface area (Å²) in [5.41, 5.74) is 10.4. The van der Waals surface area contributed by atoms with Crippen LogP contribution in [-0.2, 0) is 12.0 Å². The summed E-state index contributed by atoms with van der Waals surface area (Å²) in [4.78, 5) is 8.99. The first-order valence-corrected chi connectivity index (χ1v) is 8.22. The van der Waals surface area contributed by atoms with Crippen molar-refractivity contribution in [2.24, 2.45) is 10.7 Å². The smallest absolute Gasteiger partial charge is 0.193 e. The summed E-state index contributed by atoms with van der Waals surface area (Å²) in [5, 5.41) is 6.31. The highest BCUT2D eigenvalue weighted by atomic mass is 127. The van der Waals surface area contributed by atoms with Gasteiger partial charge < -0.3 is 11.1 Å². The van der Waals surface area contributed by atoms with Crippen LogP contribution in [-0.4, -0.2) is 10.9 Å². The lowest BCUT2D eigenvalue weighted by Gasteiger charge is -2.13. The van der Waals surface area contributed by atoms with Crippen LogP contribution in [0.25, 0.3) is 0 Å². The second kappa shape index (κ2) is 8.10. The Morgan fingerprint density at radius 3 is 2.35 bits per heavy atom. The number of halogens is 1. The zero-order valence-corrected chi connectivity index (χ0v) is 17.5. The maximum absolute atomic E-state index is 5.96. The molecule has 0 aliphatic rings. The van der Waals surface area contributed by atoms with Gasteiger partial charge in [0, 0.05) is 16.5 Å². The number of nitrogens with zero attached hydrogens (tertiary/aromatic N) is 2. The predicted molar refractivity (Wildman–Crippen MR) is 111 cm³/mol. The van der Waals surface area contributed by atoms with Gasteiger partial charge in [-0.1, -0.05) is 26.8 Å². The zero-order chi connectivity index (χ0) is 16.3. The monoisotopic (exact) mass is 444 g/mol. The van der Waals surface area contributed by atoms with Crippen LogP contribution in [0.5, 0.6) is 0 Å². The summed E-state index contributed by atoms with van der Waals surface area (Å²) in [5.74, 6) is 0.412. The summed E-state index contributed by atoms with van der Waals surface area (Å²) in [6, 6.07) is 6.23. The lowest BCUT2D eigenvalue weighted by molar-refractivity contribution is 0.583. The highest BCUT2D eigenvalue weighted by molar-refractivity contribution is 14.0. The van der Waals surface area contributed by atoms with Crippen molar-refractivity contribution >= 4 is 47.0 Å². The average molecular weight is 444 g/mol. The fraction of sp³-hybridized carbons (Fsp3) is 0.412. The van der Waals surface area contributed by atoms with E-state index < -0.39 is 0 Å². The average Bonchev–Trinajstić information content (AvgIpc) is 2.83. The van der Waals surface area contributed by atoms with Crippen LogP contribution in [0.1, 0.15) is 42.6 Å². The Morgan fingerprint density at radius 1 is 1.22 bits per heavy atom. The molecule has 4 nitrogen and oxygen atoms in total. The maximum atomic E-state index is 5.96. The van der Waals surface area contributed by atoms with Gasteiger partial charge in [-0.25, -0.2) is 9.98 Å². The van der Waals surface area contributed by atoms with Gasteiger partial charge in [-0.3, -0.25) is 0 Å². The third kappa shape index (κ3) is 6.10. The number of rotatable bonds is 3. The summed E-state index contributed by atoms with van der Waals surface area (Å²) in [6.45, 7) is 11.1. The van der Waals surface area contributed by atoms with Crippen molar-refractivity contribution < 1.29 is 0 Å². The van der Waals surface area contributed by atoms with Crippen molar-refractivity contribution in [1.82, 2.24) is 4.98 Å². The number of guanidine groups is 1. The second-order valence-corrected chi connectivity index (χ2v) is 7.45. The molecule has 3 N–H and O–H groups in total. The molecule has 0 saturated carbocycles. The van der Waals surface area contributed by atoms with E-state index in [0.717, 1.165) is 16.4 Å². The van der Waals surface area contributed by atoms with Crippen molar-refractivity contribution in [3.05, 3.63) is 45.4 Å². The number of aryl methyl sites for hydroxylation is 2. The van der Waals surface area contributed by atoms with Gasteiger partial charge in [0.2, 0.25) is 0 Å². The summed E-state index contributed by atoms with van der Waals surface area (Å²) in [7, 11) is 0. The van der Waals surface area contributed by atoms with Gasteiger partial charge in [-0.05, 0) is 37.1 Å². The van der Waals surface area contributed by atoms with Gasteiger partial charge in [0.05, 0.1) is 17.2 Å². The van der Waals surface area contributed by atoms with Crippen LogP contribution in [0.3, 0.4) is 0 Å². The number of thiazole rings is 1. The molecule has 1 aromatic carbocycles. The molecule has 0 saturated heterocycles. The molecule has 0 amide bonds. The first kappa shape index (κ1) is 19.9. The molecule has 1 heterocycles. The molecule has 6 heteroatoms. The molecule has 0 atom stereocenters. The normalized spacial score (nSPS) is 12.0. The number of hydrogen-bond donors (Lipinski definition) is 2. The quantitative estimate of drug-likeness (QED) is 0.413. The molecule has 2 rings (SSSR count). The molecule has 0 spiro atoms. The number of anilines is 1. The van der Waals surface area contributed by atoms with Gasteiger partial charge in [0.25, 0.3) is 0 Å². The third-order valence-electron chi connectivity index (χ3n) is 3.10. The number of aromatic nitrogens is 1. The van der Waals surface area contributed by atoms with E-state index in [1.54, 1.807) is 11.3 Å².